The fourth-order valence-electron chi connectivity index (χ4n) is 2.83. The number of carbonyl (C=O) groups excluding carboxylic acids is 1. The van der Waals surface area contributed by atoms with Crippen molar-refractivity contribution in [2.75, 3.05) is 13.8 Å². The molecule has 5 nitrogen and oxygen atoms in total. The maximum Gasteiger partial charge on any atom is 0.322 e. The number of fused-ring (bicyclic) bond motifs is 1. The lowest BCUT2D eigenvalue weighted by Gasteiger charge is -2.34. The van der Waals surface area contributed by atoms with Gasteiger partial charge in [-0.2, -0.15) is 0 Å². The van der Waals surface area contributed by atoms with E-state index >= 15 is 0 Å². The number of amidine groups is 1. The molecule has 0 unspecified atom stereocenters. The molecular formula is C15H19F2N3O2S. The monoisotopic (exact) mass is 343 g/mol. The third-order valence-electron chi connectivity index (χ3n) is 4.12. The van der Waals surface area contributed by atoms with Gasteiger partial charge in [0, 0.05) is 17.2 Å². The van der Waals surface area contributed by atoms with Gasteiger partial charge in [0.1, 0.15) is 22.8 Å². The molecule has 3 atom stereocenters. The molecule has 2 rings (SSSR count). The predicted molar refractivity (Wildman–Crippen MR) is 87.0 cm³/mol. The molecule has 1 aliphatic carbocycles. The number of halogens is 2. The van der Waals surface area contributed by atoms with E-state index in [1.807, 2.05) is 0 Å². The first-order chi connectivity index (χ1) is 10.7. The zero-order valence-electron chi connectivity index (χ0n) is 12.9. The average molecular weight is 343 g/mol. The molecule has 0 aromatic carbocycles. The van der Waals surface area contributed by atoms with Gasteiger partial charge >= 0.3 is 5.97 Å². The van der Waals surface area contributed by atoms with Crippen LogP contribution < -0.4 is 11.5 Å². The van der Waals surface area contributed by atoms with Crippen LogP contribution in [-0.2, 0) is 9.53 Å². The summed E-state index contributed by atoms with van der Waals surface area (Å²) in [5.41, 5.74) is 9.86. The molecule has 0 aromatic rings. The number of allylic oxidation sites excluding steroid dienone is 3. The Hall–Kier alpha value is -1.83. The van der Waals surface area contributed by atoms with Gasteiger partial charge in [-0.1, -0.05) is 18.3 Å². The van der Waals surface area contributed by atoms with Crippen LogP contribution in [0.15, 0.2) is 40.8 Å². The fourth-order valence-corrected chi connectivity index (χ4v) is 4.16. The highest BCUT2D eigenvalue weighted by Gasteiger charge is 2.73. The largest absolute Gasteiger partial charge is 0.468 e. The van der Waals surface area contributed by atoms with Crippen molar-refractivity contribution in [3.05, 3.63) is 35.8 Å². The first-order valence-corrected chi connectivity index (χ1v) is 7.73. The highest BCUT2D eigenvalue weighted by Crippen LogP contribution is 2.65. The van der Waals surface area contributed by atoms with Crippen LogP contribution in [0, 0.1) is 5.92 Å². The van der Waals surface area contributed by atoms with Crippen LogP contribution in [0.4, 0.5) is 8.78 Å². The number of nitrogens with two attached hydrogens (primary N) is 2. The Kier molecular flexibility index (Phi) is 4.57. The zero-order valence-corrected chi connectivity index (χ0v) is 13.8. The van der Waals surface area contributed by atoms with Crippen LogP contribution >= 0.6 is 11.8 Å². The van der Waals surface area contributed by atoms with Crippen LogP contribution in [0.1, 0.15) is 13.3 Å². The van der Waals surface area contributed by atoms with E-state index in [-0.39, 0.29) is 10.7 Å². The number of esters is 1. The van der Waals surface area contributed by atoms with Crippen molar-refractivity contribution in [1.29, 1.82) is 0 Å². The van der Waals surface area contributed by atoms with Crippen LogP contribution in [-0.4, -0.2) is 35.2 Å². The number of hydrogen-bond donors (Lipinski definition) is 2. The summed E-state index contributed by atoms with van der Waals surface area (Å²) in [5, 5.41) is 0.0151. The lowest BCUT2D eigenvalue weighted by molar-refractivity contribution is -0.141. The summed E-state index contributed by atoms with van der Waals surface area (Å²) in [5.74, 6) is -1.82. The second-order valence-corrected chi connectivity index (χ2v) is 7.00. The SMILES string of the molecule is C=C(/C(F)=C\C=C(/C)N)[C@@]1(CF)N=C(N)S[C@]2(C(=O)OC)C[C@@H]21. The number of rotatable bonds is 5. The summed E-state index contributed by atoms with van der Waals surface area (Å²) in [6, 6.07) is 0. The predicted octanol–water partition coefficient (Wildman–Crippen LogP) is 1.96. The number of nitrogens with zero attached hydrogens (tertiary/aromatic N) is 1. The van der Waals surface area contributed by atoms with E-state index in [2.05, 4.69) is 11.6 Å². The third-order valence-corrected chi connectivity index (χ3v) is 5.40. The Morgan fingerprint density at radius 2 is 2.26 bits per heavy atom. The van der Waals surface area contributed by atoms with Crippen molar-refractivity contribution in [1.82, 2.24) is 0 Å². The lowest BCUT2D eigenvalue weighted by atomic mass is 9.85. The number of thioether (sulfide) groups is 1. The topological polar surface area (TPSA) is 90.7 Å². The van der Waals surface area contributed by atoms with Gasteiger partial charge in [-0.25, -0.2) is 13.8 Å². The van der Waals surface area contributed by atoms with E-state index in [4.69, 9.17) is 16.2 Å². The van der Waals surface area contributed by atoms with Crippen LogP contribution in [0.5, 0.6) is 0 Å². The van der Waals surface area contributed by atoms with E-state index in [1.54, 1.807) is 6.92 Å². The lowest BCUT2D eigenvalue weighted by Crippen LogP contribution is -2.45. The van der Waals surface area contributed by atoms with Crippen molar-refractivity contribution in [2.24, 2.45) is 22.4 Å². The standard InChI is InChI=1S/C15H19F2N3O2S/c1-8(18)4-5-10(17)9(2)14(7-16)11-6-15(11,12(21)22-3)23-13(19)20-14/h4-5,11H,2,6-7,18H2,1,3H3,(H2,19,20)/b8-4+,10-5+/t11-,14-,15-/m1/s1. The number of hydrogen-bond acceptors (Lipinski definition) is 6. The second kappa shape index (κ2) is 5.99. The summed E-state index contributed by atoms with van der Waals surface area (Å²) in [4.78, 5) is 16.2. The van der Waals surface area contributed by atoms with Crippen molar-refractivity contribution in [2.45, 2.75) is 23.6 Å². The number of ether oxygens (including phenoxy) is 1. The summed E-state index contributed by atoms with van der Waals surface area (Å²) in [6.45, 7) is 4.23. The molecular weight excluding hydrogens is 324 g/mol. The quantitative estimate of drug-likeness (QED) is 0.588. The minimum atomic E-state index is -1.60. The van der Waals surface area contributed by atoms with E-state index in [0.29, 0.717) is 12.1 Å². The van der Waals surface area contributed by atoms with Crippen molar-refractivity contribution in [3.63, 3.8) is 0 Å². The minimum absolute atomic E-state index is 0.0151. The van der Waals surface area contributed by atoms with E-state index in [9.17, 15) is 13.6 Å². The molecule has 0 aromatic heterocycles. The van der Waals surface area contributed by atoms with Crippen molar-refractivity contribution < 1.29 is 18.3 Å². The van der Waals surface area contributed by atoms with Gasteiger partial charge in [0.25, 0.3) is 0 Å². The third kappa shape index (κ3) is 2.75. The smallest absolute Gasteiger partial charge is 0.322 e. The zero-order chi connectivity index (χ0) is 17.4. The number of carbonyl (C=O) groups is 1. The summed E-state index contributed by atoms with van der Waals surface area (Å²) >= 11 is 1.03. The molecule has 1 heterocycles. The first kappa shape index (κ1) is 17.5. The normalized spacial score (nSPS) is 33.6. The number of methoxy groups -OCH3 is 1. The summed E-state index contributed by atoms with van der Waals surface area (Å²) < 4.78 is 32.0. The molecule has 2 aliphatic rings. The second-order valence-electron chi connectivity index (χ2n) is 5.65. The Morgan fingerprint density at radius 3 is 2.78 bits per heavy atom. The van der Waals surface area contributed by atoms with Crippen LogP contribution in [0.3, 0.4) is 0 Å². The Bertz CT molecular complexity index is 643. The van der Waals surface area contributed by atoms with Crippen molar-refractivity contribution in [3.8, 4) is 0 Å². The Balaban J connectivity index is 2.43. The average Bonchev–Trinajstić information content (AvgIpc) is 3.25. The highest BCUT2D eigenvalue weighted by atomic mass is 32.2. The maximum atomic E-state index is 14.4. The molecule has 0 spiro atoms. The van der Waals surface area contributed by atoms with E-state index < -0.39 is 34.7 Å². The summed E-state index contributed by atoms with van der Waals surface area (Å²) in [6.07, 6.45) is 2.75. The van der Waals surface area contributed by atoms with Gasteiger partial charge in [0.05, 0.1) is 7.11 Å². The van der Waals surface area contributed by atoms with Gasteiger partial charge in [-0.15, -0.1) is 0 Å². The molecule has 0 saturated heterocycles. The fraction of sp³-hybridized carbons (Fsp3) is 0.467. The van der Waals surface area contributed by atoms with Gasteiger partial charge in [-0.3, -0.25) is 4.79 Å². The molecule has 0 bridgehead atoms. The van der Waals surface area contributed by atoms with Crippen LogP contribution in [0.25, 0.3) is 0 Å². The van der Waals surface area contributed by atoms with Gasteiger partial charge in [0.2, 0.25) is 0 Å². The van der Waals surface area contributed by atoms with E-state index in [0.717, 1.165) is 17.8 Å². The molecule has 0 radical (unpaired) electrons. The van der Waals surface area contributed by atoms with E-state index in [1.165, 1.54) is 13.2 Å². The number of aliphatic imine (C=N–C) groups is 1. The minimum Gasteiger partial charge on any atom is -0.468 e. The molecule has 4 N–H and O–H groups in total. The first-order valence-electron chi connectivity index (χ1n) is 6.91. The molecule has 1 saturated carbocycles. The number of alkyl halides is 1. The van der Waals surface area contributed by atoms with Gasteiger partial charge in [-0.05, 0) is 25.5 Å². The summed E-state index contributed by atoms with van der Waals surface area (Å²) in [7, 11) is 1.25. The molecule has 1 fully saturated rings. The molecule has 8 heteroatoms. The maximum absolute atomic E-state index is 14.4. The van der Waals surface area contributed by atoms with Crippen molar-refractivity contribution >= 4 is 22.9 Å². The molecule has 23 heavy (non-hydrogen) atoms. The van der Waals surface area contributed by atoms with Gasteiger partial charge in [0.15, 0.2) is 5.17 Å². The molecule has 1 aliphatic heterocycles. The molecule has 0 amide bonds. The molecule has 126 valence electrons. The highest BCUT2D eigenvalue weighted by molar-refractivity contribution is 8.15. The Morgan fingerprint density at radius 1 is 1.61 bits per heavy atom. The Labute approximate surface area is 137 Å². The van der Waals surface area contributed by atoms with Gasteiger partial charge < -0.3 is 16.2 Å². The van der Waals surface area contributed by atoms with Crippen LogP contribution in [0.2, 0.25) is 0 Å².